The summed E-state index contributed by atoms with van der Waals surface area (Å²) in [6.07, 6.45) is 0. The van der Waals surface area contributed by atoms with E-state index in [-0.39, 0.29) is 23.9 Å². The molecule has 5 rings (SSSR count). The van der Waals surface area contributed by atoms with Gasteiger partial charge in [-0.05, 0) is 37.3 Å². The molecule has 0 aliphatic carbocycles. The van der Waals surface area contributed by atoms with Crippen LogP contribution in [0.25, 0.3) is 11.4 Å². The van der Waals surface area contributed by atoms with Crippen molar-refractivity contribution in [3.05, 3.63) is 53.9 Å². The van der Waals surface area contributed by atoms with Gasteiger partial charge in [0.25, 0.3) is 11.8 Å². The molecule has 3 aromatic rings. The number of rotatable bonds is 7. The summed E-state index contributed by atoms with van der Waals surface area (Å²) in [6.45, 7) is 2.23. The number of nitrogens with zero attached hydrogens (tertiary/aromatic N) is 6. The Hall–Kier alpha value is -4.42. The highest BCUT2D eigenvalue weighted by Crippen LogP contribution is 2.34. The molecule has 1 saturated heterocycles. The van der Waals surface area contributed by atoms with Gasteiger partial charge in [-0.15, -0.1) is 0 Å². The Morgan fingerprint density at radius 3 is 2.63 bits per heavy atom. The lowest BCUT2D eigenvalue weighted by molar-refractivity contribution is -0.123. The predicted molar refractivity (Wildman–Crippen MR) is 114 cm³/mol. The Kier molecular flexibility index (Phi) is 5.59. The number of hydrogen-bond acceptors (Lipinski definition) is 10. The Bertz CT molecular complexity index is 1350. The molecule has 1 fully saturated rings. The van der Waals surface area contributed by atoms with Crippen LogP contribution in [0.3, 0.4) is 0 Å². The van der Waals surface area contributed by atoms with Crippen LogP contribution in [-0.4, -0.2) is 52.8 Å². The van der Waals surface area contributed by atoms with Gasteiger partial charge in [-0.3, -0.25) is 14.6 Å². The number of anilines is 1. The van der Waals surface area contributed by atoms with E-state index in [1.54, 1.807) is 18.2 Å². The summed E-state index contributed by atoms with van der Waals surface area (Å²) in [5.74, 6) is -2.17. The minimum atomic E-state index is -1.18. The van der Waals surface area contributed by atoms with Gasteiger partial charge in [0.15, 0.2) is 35.2 Å². The van der Waals surface area contributed by atoms with Crippen molar-refractivity contribution >= 4 is 17.5 Å². The fraction of sp³-hybridized carbons (Fsp3) is 0.273. The van der Waals surface area contributed by atoms with Crippen molar-refractivity contribution in [1.29, 1.82) is 0 Å². The van der Waals surface area contributed by atoms with Gasteiger partial charge in [-0.2, -0.15) is 10.1 Å². The molecule has 0 saturated carbocycles. The molecule has 2 aromatic carbocycles. The molecule has 2 aliphatic rings. The van der Waals surface area contributed by atoms with E-state index >= 15 is 0 Å². The largest absolute Gasteiger partial charge is 0.493 e. The van der Waals surface area contributed by atoms with E-state index in [0.29, 0.717) is 23.7 Å². The molecule has 2 amide bonds. The lowest BCUT2D eigenvalue weighted by atomic mass is 10.1. The summed E-state index contributed by atoms with van der Waals surface area (Å²) in [4.78, 5) is 30.9. The Balaban J connectivity index is 1.34. The highest BCUT2D eigenvalue weighted by Gasteiger charge is 2.55. The molecule has 180 valence electrons. The maximum atomic E-state index is 13.7. The number of aromatic nitrogens is 2. The number of imide groups is 1. The second kappa shape index (κ2) is 8.74. The number of amides is 2. The van der Waals surface area contributed by atoms with Crippen molar-refractivity contribution in [1.82, 2.24) is 15.1 Å². The highest BCUT2D eigenvalue weighted by atomic mass is 19.2. The first-order valence-electron chi connectivity index (χ1n) is 10.5. The fourth-order valence-electron chi connectivity index (χ4n) is 3.89. The molecule has 13 heteroatoms. The molecule has 0 N–H and O–H groups in total. The lowest BCUT2D eigenvalue weighted by Crippen LogP contribution is -2.39. The number of carbonyl (C=O) groups is 2. The minimum Gasteiger partial charge on any atom is -0.493 e. The third kappa shape index (κ3) is 3.84. The fourth-order valence-corrected chi connectivity index (χ4v) is 3.89. The second-order valence-electron chi connectivity index (χ2n) is 7.61. The van der Waals surface area contributed by atoms with Crippen LogP contribution in [0, 0.1) is 11.6 Å². The number of benzene rings is 2. The molecule has 1 aromatic heterocycles. The first-order valence-corrected chi connectivity index (χ1v) is 10.5. The van der Waals surface area contributed by atoms with Crippen LogP contribution >= 0.6 is 0 Å². The van der Waals surface area contributed by atoms with Crippen LogP contribution in [0.4, 0.5) is 14.5 Å². The molecular formula is C22H18F2N6O5. The van der Waals surface area contributed by atoms with E-state index < -0.39 is 35.5 Å². The molecular weight excluding hydrogens is 466 g/mol. The van der Waals surface area contributed by atoms with Gasteiger partial charge in [-0.25, -0.2) is 13.7 Å². The quantitative estimate of drug-likeness (QED) is 0.469. The number of fused-ring (bicyclic) bond motifs is 1. The van der Waals surface area contributed by atoms with Crippen LogP contribution < -0.4 is 14.4 Å². The lowest BCUT2D eigenvalue weighted by Gasteiger charge is -2.19. The van der Waals surface area contributed by atoms with Crippen molar-refractivity contribution in [2.75, 3.05) is 18.6 Å². The number of halogens is 2. The van der Waals surface area contributed by atoms with Crippen LogP contribution in [0.15, 0.2) is 51.3 Å². The van der Waals surface area contributed by atoms with Crippen molar-refractivity contribution in [2.45, 2.75) is 25.6 Å². The zero-order chi connectivity index (χ0) is 24.7. The molecule has 11 nitrogen and oxygen atoms in total. The molecule has 2 aliphatic heterocycles. The number of methoxy groups -OCH3 is 1. The Morgan fingerprint density at radius 1 is 1.06 bits per heavy atom. The monoisotopic (exact) mass is 484 g/mol. The summed E-state index contributed by atoms with van der Waals surface area (Å²) >= 11 is 0. The third-order valence-electron chi connectivity index (χ3n) is 5.51. The van der Waals surface area contributed by atoms with Crippen molar-refractivity contribution < 1.29 is 32.4 Å². The van der Waals surface area contributed by atoms with Crippen LogP contribution in [-0.2, 0) is 16.1 Å². The van der Waals surface area contributed by atoms with E-state index in [9.17, 15) is 18.4 Å². The first kappa shape index (κ1) is 22.4. The predicted octanol–water partition coefficient (Wildman–Crippen LogP) is 2.92. The first-order chi connectivity index (χ1) is 16.9. The Labute approximate surface area is 196 Å². The third-order valence-corrected chi connectivity index (χ3v) is 5.51. The Morgan fingerprint density at radius 2 is 1.89 bits per heavy atom. The van der Waals surface area contributed by atoms with E-state index in [4.69, 9.17) is 14.0 Å². The summed E-state index contributed by atoms with van der Waals surface area (Å²) in [5, 5.41) is 13.0. The van der Waals surface area contributed by atoms with E-state index in [1.165, 1.54) is 12.1 Å². The average Bonchev–Trinajstić information content (AvgIpc) is 3.54. The molecule has 0 unspecified atom stereocenters. The minimum absolute atomic E-state index is 0.0898. The summed E-state index contributed by atoms with van der Waals surface area (Å²) in [6, 6.07) is 5.74. The van der Waals surface area contributed by atoms with Crippen molar-refractivity contribution in [3.63, 3.8) is 0 Å². The maximum Gasteiger partial charge on any atom is 0.263 e. The zero-order valence-corrected chi connectivity index (χ0v) is 18.5. The van der Waals surface area contributed by atoms with Gasteiger partial charge in [0.2, 0.25) is 11.7 Å². The smallest absolute Gasteiger partial charge is 0.263 e. The second-order valence-corrected chi connectivity index (χ2v) is 7.61. The SMILES string of the molecule is CCOc1ccc(-c2noc(CN3N=N[C@@H]4C(=O)N(c5ccc(F)c(F)c5)C(=O)[C@H]43)n2)cc1OC. The normalized spacial score (nSPS) is 19.0. The zero-order valence-electron chi connectivity index (χ0n) is 18.5. The maximum absolute atomic E-state index is 13.7. The van der Waals surface area contributed by atoms with Gasteiger partial charge < -0.3 is 14.0 Å². The molecule has 3 heterocycles. The van der Waals surface area contributed by atoms with E-state index in [0.717, 1.165) is 23.1 Å². The molecule has 2 atom stereocenters. The van der Waals surface area contributed by atoms with Gasteiger partial charge in [-0.1, -0.05) is 10.4 Å². The van der Waals surface area contributed by atoms with Crippen molar-refractivity contribution in [3.8, 4) is 22.9 Å². The standard InChI is InChI=1S/C22H18F2N6O5/c1-3-34-15-7-4-11(8-16(15)33-2)20-25-17(35-27-20)10-29-19-18(26-28-29)21(31)30(22(19)32)12-5-6-13(23)14(24)9-12/h4-9,18-19H,3,10H2,1-2H3/t18-,19-/m0/s1. The van der Waals surface area contributed by atoms with Gasteiger partial charge in [0, 0.05) is 11.6 Å². The summed E-state index contributed by atoms with van der Waals surface area (Å²) in [7, 11) is 1.52. The summed E-state index contributed by atoms with van der Waals surface area (Å²) < 4.78 is 43.1. The highest BCUT2D eigenvalue weighted by molar-refractivity contribution is 6.25. The van der Waals surface area contributed by atoms with Crippen LogP contribution in [0.1, 0.15) is 12.8 Å². The number of ether oxygens (including phenoxy) is 2. The van der Waals surface area contributed by atoms with Crippen LogP contribution in [0.5, 0.6) is 11.5 Å². The van der Waals surface area contributed by atoms with Gasteiger partial charge >= 0.3 is 0 Å². The number of hydrogen-bond donors (Lipinski definition) is 0. The van der Waals surface area contributed by atoms with Crippen molar-refractivity contribution in [2.24, 2.45) is 10.3 Å². The van der Waals surface area contributed by atoms with E-state index in [1.807, 2.05) is 6.92 Å². The summed E-state index contributed by atoms with van der Waals surface area (Å²) in [5.41, 5.74) is 0.519. The number of carbonyl (C=O) groups excluding carboxylic acids is 2. The van der Waals surface area contributed by atoms with Gasteiger partial charge in [0.1, 0.15) is 6.54 Å². The molecule has 0 radical (unpaired) electrons. The topological polar surface area (TPSA) is 123 Å². The van der Waals surface area contributed by atoms with E-state index in [2.05, 4.69) is 20.5 Å². The molecule has 0 spiro atoms. The van der Waals surface area contributed by atoms with Gasteiger partial charge in [0.05, 0.1) is 19.4 Å². The molecule has 0 bridgehead atoms. The molecule has 35 heavy (non-hydrogen) atoms. The average molecular weight is 484 g/mol. The van der Waals surface area contributed by atoms with Crippen LogP contribution in [0.2, 0.25) is 0 Å².